The van der Waals surface area contributed by atoms with Gasteiger partial charge < -0.3 is 19.7 Å². The van der Waals surface area contributed by atoms with Gasteiger partial charge in [-0.3, -0.25) is 0 Å². The molecule has 1 unspecified atom stereocenters. The van der Waals surface area contributed by atoms with Crippen LogP contribution < -0.4 is 0 Å². The van der Waals surface area contributed by atoms with Crippen molar-refractivity contribution in [3.63, 3.8) is 0 Å². The summed E-state index contributed by atoms with van der Waals surface area (Å²) in [5.74, 6) is 0. The molecule has 0 saturated heterocycles. The molecule has 3 aromatic rings. The maximum atomic E-state index is 9.95. The van der Waals surface area contributed by atoms with Crippen molar-refractivity contribution in [3.05, 3.63) is 66.5 Å². The zero-order valence-electron chi connectivity index (χ0n) is 17.0. The lowest BCUT2D eigenvalue weighted by Gasteiger charge is -2.29. The van der Waals surface area contributed by atoms with Crippen LogP contribution in [0.2, 0.25) is 0 Å². The Morgan fingerprint density at radius 3 is 2.11 bits per heavy atom. The zero-order chi connectivity index (χ0) is 20.3. The quantitative estimate of drug-likeness (QED) is 0.659. The van der Waals surface area contributed by atoms with Crippen LogP contribution in [0.5, 0.6) is 0 Å². The Morgan fingerprint density at radius 1 is 0.964 bits per heavy atom. The van der Waals surface area contributed by atoms with E-state index in [0.29, 0.717) is 6.04 Å². The van der Waals surface area contributed by atoms with Crippen molar-refractivity contribution in [1.29, 1.82) is 0 Å². The lowest BCUT2D eigenvalue weighted by atomic mass is 9.98. The molecule has 1 heterocycles. The van der Waals surface area contributed by atoms with Crippen molar-refractivity contribution in [2.45, 2.75) is 25.4 Å². The molecule has 2 N–H and O–H groups in total. The van der Waals surface area contributed by atoms with Gasteiger partial charge >= 0.3 is 0 Å². The van der Waals surface area contributed by atoms with E-state index in [2.05, 4.69) is 55.2 Å². The van der Waals surface area contributed by atoms with E-state index < -0.39 is 5.54 Å². The first-order valence-corrected chi connectivity index (χ1v) is 9.53. The Labute approximate surface area is 166 Å². The Hall–Kier alpha value is -2.47. The second kappa shape index (κ2) is 8.27. The SMILES string of the molecule is CC(c1ccc(-c2c(-c3ccccc3)ncn2C(C)(CO)CO)cc1)N(C)C. The predicted octanol–water partition coefficient (Wildman–Crippen LogP) is 3.54. The van der Waals surface area contributed by atoms with Crippen molar-refractivity contribution < 1.29 is 10.2 Å². The highest BCUT2D eigenvalue weighted by atomic mass is 16.3. The molecule has 0 aliphatic carbocycles. The number of rotatable bonds is 7. The van der Waals surface area contributed by atoms with Crippen LogP contribution in [-0.2, 0) is 5.54 Å². The lowest BCUT2D eigenvalue weighted by Crippen LogP contribution is -2.38. The molecule has 148 valence electrons. The Balaban J connectivity index is 2.16. The molecule has 0 amide bonds. The number of nitrogens with zero attached hydrogens (tertiary/aromatic N) is 3. The first kappa shape index (κ1) is 20.3. The van der Waals surface area contributed by atoms with E-state index in [1.54, 1.807) is 6.33 Å². The van der Waals surface area contributed by atoms with Gasteiger partial charge in [0, 0.05) is 17.2 Å². The minimum absolute atomic E-state index is 0.184. The summed E-state index contributed by atoms with van der Waals surface area (Å²) in [4.78, 5) is 6.81. The summed E-state index contributed by atoms with van der Waals surface area (Å²) < 4.78 is 1.89. The van der Waals surface area contributed by atoms with E-state index in [4.69, 9.17) is 0 Å². The largest absolute Gasteiger partial charge is 0.394 e. The van der Waals surface area contributed by atoms with Gasteiger partial charge in [0.15, 0.2) is 0 Å². The van der Waals surface area contributed by atoms with Crippen molar-refractivity contribution in [3.8, 4) is 22.5 Å². The van der Waals surface area contributed by atoms with E-state index in [1.807, 2.05) is 41.8 Å². The lowest BCUT2D eigenvalue weighted by molar-refractivity contribution is 0.0790. The Bertz CT molecular complexity index is 897. The van der Waals surface area contributed by atoms with Crippen LogP contribution >= 0.6 is 0 Å². The normalized spacial score (nSPS) is 13.1. The summed E-state index contributed by atoms with van der Waals surface area (Å²) in [6, 6.07) is 18.7. The third kappa shape index (κ3) is 3.74. The van der Waals surface area contributed by atoms with Gasteiger partial charge in [-0.15, -0.1) is 0 Å². The summed E-state index contributed by atoms with van der Waals surface area (Å²) in [6.07, 6.45) is 1.71. The van der Waals surface area contributed by atoms with Gasteiger partial charge in [-0.05, 0) is 33.5 Å². The predicted molar refractivity (Wildman–Crippen MR) is 113 cm³/mol. The first-order valence-electron chi connectivity index (χ1n) is 9.53. The summed E-state index contributed by atoms with van der Waals surface area (Å²) >= 11 is 0. The van der Waals surface area contributed by atoms with Crippen LogP contribution in [0.4, 0.5) is 0 Å². The van der Waals surface area contributed by atoms with Crippen LogP contribution in [0.25, 0.3) is 22.5 Å². The van der Waals surface area contributed by atoms with Crippen LogP contribution in [0.3, 0.4) is 0 Å². The van der Waals surface area contributed by atoms with Crippen LogP contribution in [0, 0.1) is 0 Å². The van der Waals surface area contributed by atoms with Gasteiger partial charge in [-0.1, -0.05) is 54.6 Å². The molecule has 3 rings (SSSR count). The maximum Gasteiger partial charge on any atom is 0.0965 e. The molecule has 5 heteroatoms. The van der Waals surface area contributed by atoms with E-state index in [9.17, 15) is 10.2 Å². The molecule has 28 heavy (non-hydrogen) atoms. The minimum Gasteiger partial charge on any atom is -0.394 e. The fourth-order valence-electron chi connectivity index (χ4n) is 3.26. The molecule has 0 radical (unpaired) electrons. The van der Waals surface area contributed by atoms with Gasteiger partial charge in [0.1, 0.15) is 0 Å². The Kier molecular flexibility index (Phi) is 5.98. The molecule has 1 atom stereocenters. The highest BCUT2D eigenvalue weighted by molar-refractivity contribution is 5.79. The average molecular weight is 380 g/mol. The van der Waals surface area contributed by atoms with Gasteiger partial charge in [-0.25, -0.2) is 4.98 Å². The average Bonchev–Trinajstić information content (AvgIpc) is 3.19. The third-order valence-electron chi connectivity index (χ3n) is 5.52. The van der Waals surface area contributed by atoms with Crippen molar-refractivity contribution in [1.82, 2.24) is 14.5 Å². The number of benzene rings is 2. The van der Waals surface area contributed by atoms with E-state index in [-0.39, 0.29) is 13.2 Å². The molecule has 2 aromatic carbocycles. The van der Waals surface area contributed by atoms with Crippen LogP contribution in [0.15, 0.2) is 60.9 Å². The van der Waals surface area contributed by atoms with E-state index in [0.717, 1.165) is 22.5 Å². The standard InChI is InChI=1S/C23H29N3O2/c1-17(25(3)4)18-10-12-20(13-11-18)22-21(19-8-6-5-7-9-19)24-16-26(22)23(2,14-27)15-28/h5-13,16-17,27-28H,14-15H2,1-4H3. The molecular formula is C23H29N3O2. The highest BCUT2D eigenvalue weighted by Crippen LogP contribution is 2.35. The topological polar surface area (TPSA) is 61.5 Å². The van der Waals surface area contributed by atoms with Gasteiger partial charge in [0.2, 0.25) is 0 Å². The minimum atomic E-state index is -0.842. The van der Waals surface area contributed by atoms with Crippen LogP contribution in [0.1, 0.15) is 25.5 Å². The van der Waals surface area contributed by atoms with Crippen molar-refractivity contribution in [2.24, 2.45) is 0 Å². The molecule has 0 spiro atoms. The molecule has 5 nitrogen and oxygen atoms in total. The fraction of sp³-hybridized carbons (Fsp3) is 0.348. The highest BCUT2D eigenvalue weighted by Gasteiger charge is 2.29. The molecule has 1 aromatic heterocycles. The molecule has 0 saturated carbocycles. The Morgan fingerprint density at radius 2 is 1.57 bits per heavy atom. The molecular weight excluding hydrogens is 350 g/mol. The number of aliphatic hydroxyl groups excluding tert-OH is 2. The van der Waals surface area contributed by atoms with E-state index >= 15 is 0 Å². The number of aliphatic hydroxyl groups is 2. The number of aromatic nitrogens is 2. The summed E-state index contributed by atoms with van der Waals surface area (Å²) in [5, 5.41) is 19.9. The van der Waals surface area contributed by atoms with Gasteiger partial charge in [-0.2, -0.15) is 0 Å². The summed E-state index contributed by atoms with van der Waals surface area (Å²) in [6.45, 7) is 3.63. The number of hydrogen-bond donors (Lipinski definition) is 2. The molecule has 0 bridgehead atoms. The van der Waals surface area contributed by atoms with Gasteiger partial charge in [0.05, 0.1) is 36.5 Å². The van der Waals surface area contributed by atoms with Gasteiger partial charge in [0.25, 0.3) is 0 Å². The van der Waals surface area contributed by atoms with Crippen molar-refractivity contribution >= 4 is 0 Å². The number of imidazole rings is 1. The molecule has 0 aliphatic rings. The first-order chi connectivity index (χ1) is 13.4. The molecule has 0 fully saturated rings. The zero-order valence-corrected chi connectivity index (χ0v) is 17.0. The third-order valence-corrected chi connectivity index (χ3v) is 5.52. The smallest absolute Gasteiger partial charge is 0.0965 e. The number of hydrogen-bond acceptors (Lipinski definition) is 4. The summed E-state index contributed by atoms with van der Waals surface area (Å²) in [7, 11) is 4.13. The fourth-order valence-corrected chi connectivity index (χ4v) is 3.26. The van der Waals surface area contributed by atoms with E-state index in [1.165, 1.54) is 5.56 Å². The van der Waals surface area contributed by atoms with Crippen molar-refractivity contribution in [2.75, 3.05) is 27.3 Å². The second-order valence-electron chi connectivity index (χ2n) is 7.75. The second-order valence-corrected chi connectivity index (χ2v) is 7.75. The summed E-state index contributed by atoms with van der Waals surface area (Å²) in [5.41, 5.74) is 4.11. The maximum absolute atomic E-state index is 9.95. The monoisotopic (exact) mass is 379 g/mol. The van der Waals surface area contributed by atoms with Crippen LogP contribution in [-0.4, -0.2) is 52.0 Å². The molecule has 0 aliphatic heterocycles.